The normalized spacial score (nSPS) is 10.1. The summed E-state index contributed by atoms with van der Waals surface area (Å²) in [5.74, 6) is -4.28. The second-order valence-corrected chi connectivity index (χ2v) is 9.98. The molecule has 0 saturated heterocycles. The quantitative estimate of drug-likeness (QED) is 0.0358. The van der Waals surface area contributed by atoms with Crippen LogP contribution in [0.3, 0.4) is 0 Å². The Kier molecular flexibility index (Phi) is 15.9. The molecular weight excluding hydrogens is 675 g/mol. The first-order valence-corrected chi connectivity index (χ1v) is 15.3. The Morgan fingerprint density at radius 2 is 0.902 bits per heavy atom. The Bertz CT molecular complexity index is 1700. The van der Waals surface area contributed by atoms with Crippen LogP contribution in [0.15, 0.2) is 92.0 Å². The molecule has 51 heavy (non-hydrogen) atoms. The smallest absolute Gasteiger partial charge is 0.463 e. The Balaban J connectivity index is 1.40. The number of hydrogen-bond acceptors (Lipinski definition) is 14. The van der Waals surface area contributed by atoms with Gasteiger partial charge < -0.3 is 37.9 Å². The summed E-state index contributed by atoms with van der Waals surface area (Å²) in [5, 5.41) is 0. The van der Waals surface area contributed by atoms with Crippen LogP contribution in [-0.4, -0.2) is 62.6 Å². The van der Waals surface area contributed by atoms with Crippen LogP contribution < -0.4 is 18.9 Å². The minimum atomic E-state index is -0.991. The van der Waals surface area contributed by atoms with Gasteiger partial charge in [0.1, 0.15) is 17.2 Å². The van der Waals surface area contributed by atoms with E-state index in [0.29, 0.717) is 25.7 Å². The Hall–Kier alpha value is -6.51. The van der Waals surface area contributed by atoms with Gasteiger partial charge in [0.25, 0.3) is 0 Å². The molecule has 0 aliphatic heterocycles. The molecule has 0 amide bonds. The van der Waals surface area contributed by atoms with Crippen LogP contribution in [0.4, 0.5) is 14.0 Å². The van der Waals surface area contributed by atoms with Crippen molar-refractivity contribution in [3.8, 4) is 23.0 Å². The van der Waals surface area contributed by atoms with Crippen molar-refractivity contribution in [2.24, 2.45) is 0 Å². The highest BCUT2D eigenvalue weighted by atomic mass is 19.1. The van der Waals surface area contributed by atoms with Gasteiger partial charge in [-0.15, -0.1) is 0 Å². The molecule has 0 atom stereocenters. The van der Waals surface area contributed by atoms with Gasteiger partial charge in [-0.25, -0.2) is 33.2 Å². The molecule has 0 unspecified atom stereocenters. The lowest BCUT2D eigenvalue weighted by atomic mass is 10.2. The van der Waals surface area contributed by atoms with Gasteiger partial charge in [-0.2, -0.15) is 0 Å². The van der Waals surface area contributed by atoms with E-state index >= 15 is 0 Å². The van der Waals surface area contributed by atoms with E-state index in [2.05, 4.69) is 13.2 Å². The van der Waals surface area contributed by atoms with Crippen LogP contribution in [0.25, 0.3) is 0 Å². The number of carbonyl (C=O) groups excluding carboxylic acids is 6. The summed E-state index contributed by atoms with van der Waals surface area (Å²) in [5.41, 5.74) is 0.0780. The maximum Gasteiger partial charge on any atom is 0.513 e. The molecule has 0 N–H and O–H groups in total. The number of benzene rings is 3. The summed E-state index contributed by atoms with van der Waals surface area (Å²) in [4.78, 5) is 70.7. The minimum absolute atomic E-state index is 0.0177. The summed E-state index contributed by atoms with van der Waals surface area (Å²) >= 11 is 0. The van der Waals surface area contributed by atoms with E-state index in [9.17, 15) is 33.2 Å². The standard InChI is InChI=1S/C36H33FO14/c1-3-31(38)44-19-5-7-21-46-35(42)49-26-13-9-24(10-14-26)33(40)48-28-17-18-30(29(37)23-28)51-34(41)25-11-15-27(16-12-25)50-36(43)47-22-8-6-20-45-32(39)4-2/h3-4,9-18,23H,1-2,5-8,19-22H2. The van der Waals surface area contributed by atoms with Crippen molar-refractivity contribution in [1.82, 2.24) is 0 Å². The molecule has 0 bridgehead atoms. The molecule has 0 aliphatic rings. The van der Waals surface area contributed by atoms with Crippen LogP contribution in [0, 0.1) is 5.82 Å². The van der Waals surface area contributed by atoms with Gasteiger partial charge in [0, 0.05) is 18.2 Å². The molecule has 3 aromatic rings. The van der Waals surface area contributed by atoms with Crippen molar-refractivity contribution in [1.29, 1.82) is 0 Å². The first-order valence-electron chi connectivity index (χ1n) is 15.3. The van der Waals surface area contributed by atoms with Gasteiger partial charge in [-0.05, 0) is 86.3 Å². The highest BCUT2D eigenvalue weighted by molar-refractivity contribution is 5.92. The van der Waals surface area contributed by atoms with Gasteiger partial charge in [0.15, 0.2) is 11.6 Å². The average Bonchev–Trinajstić information content (AvgIpc) is 3.12. The largest absolute Gasteiger partial charge is 0.513 e. The first kappa shape index (κ1) is 38.9. The summed E-state index contributed by atoms with van der Waals surface area (Å²) in [6.45, 7) is 6.94. The number of carbonyl (C=O) groups is 6. The molecule has 0 fully saturated rings. The fourth-order valence-electron chi connectivity index (χ4n) is 3.70. The van der Waals surface area contributed by atoms with E-state index < -0.39 is 47.8 Å². The van der Waals surface area contributed by atoms with E-state index in [1.54, 1.807) is 0 Å². The zero-order chi connectivity index (χ0) is 37.0. The van der Waals surface area contributed by atoms with Gasteiger partial charge in [0.05, 0.1) is 37.6 Å². The van der Waals surface area contributed by atoms with Crippen LogP contribution in [-0.2, 0) is 28.5 Å². The van der Waals surface area contributed by atoms with Gasteiger partial charge in [0.2, 0.25) is 0 Å². The van der Waals surface area contributed by atoms with E-state index in [-0.39, 0.29) is 54.8 Å². The highest BCUT2D eigenvalue weighted by Crippen LogP contribution is 2.25. The molecule has 0 aliphatic carbocycles. The number of halogens is 1. The van der Waals surface area contributed by atoms with Gasteiger partial charge in [-0.1, -0.05) is 13.2 Å². The van der Waals surface area contributed by atoms with E-state index in [1.165, 1.54) is 54.6 Å². The second kappa shape index (κ2) is 20.8. The average molecular weight is 709 g/mol. The molecule has 0 saturated carbocycles. The van der Waals surface area contributed by atoms with Gasteiger partial charge >= 0.3 is 36.2 Å². The van der Waals surface area contributed by atoms with E-state index in [1.807, 2.05) is 0 Å². The topological polar surface area (TPSA) is 176 Å². The molecule has 0 heterocycles. The van der Waals surface area contributed by atoms with Crippen LogP contribution >= 0.6 is 0 Å². The zero-order valence-corrected chi connectivity index (χ0v) is 27.2. The number of unbranched alkanes of at least 4 members (excludes halogenated alkanes) is 2. The predicted octanol–water partition coefficient (Wildman–Crippen LogP) is 6.31. The molecule has 0 spiro atoms. The number of rotatable bonds is 18. The zero-order valence-electron chi connectivity index (χ0n) is 27.2. The molecule has 15 heteroatoms. The van der Waals surface area contributed by atoms with E-state index in [4.69, 9.17) is 37.9 Å². The van der Waals surface area contributed by atoms with Crippen LogP contribution in [0.1, 0.15) is 46.4 Å². The van der Waals surface area contributed by atoms with Crippen molar-refractivity contribution < 1.29 is 71.1 Å². The summed E-state index contributed by atoms with van der Waals surface area (Å²) in [6, 6.07) is 13.7. The first-order chi connectivity index (χ1) is 24.6. The summed E-state index contributed by atoms with van der Waals surface area (Å²) < 4.78 is 54.6. The second-order valence-electron chi connectivity index (χ2n) is 9.98. The van der Waals surface area contributed by atoms with Crippen molar-refractivity contribution >= 4 is 36.2 Å². The predicted molar refractivity (Wildman–Crippen MR) is 174 cm³/mol. The SMILES string of the molecule is C=CC(=O)OCCCCOC(=O)Oc1ccc(C(=O)Oc2ccc(OC(=O)c3ccc(OC(=O)OCCCCOC(=O)C=C)cc3)c(F)c2)cc1. The molecular formula is C36H33FO14. The van der Waals surface area contributed by atoms with Crippen molar-refractivity contribution in [3.63, 3.8) is 0 Å². The highest BCUT2D eigenvalue weighted by Gasteiger charge is 2.16. The number of hydrogen-bond donors (Lipinski definition) is 0. The Morgan fingerprint density at radius 1 is 0.510 bits per heavy atom. The molecule has 3 aromatic carbocycles. The Labute approximate surface area is 291 Å². The van der Waals surface area contributed by atoms with Crippen molar-refractivity contribution in [2.45, 2.75) is 25.7 Å². The number of esters is 4. The maximum absolute atomic E-state index is 14.7. The number of ether oxygens (including phenoxy) is 8. The molecule has 0 radical (unpaired) electrons. The molecule has 268 valence electrons. The molecule has 0 aromatic heterocycles. The third-order valence-electron chi connectivity index (χ3n) is 6.24. The molecule has 14 nitrogen and oxygen atoms in total. The monoisotopic (exact) mass is 708 g/mol. The fourth-order valence-corrected chi connectivity index (χ4v) is 3.70. The lowest BCUT2D eigenvalue weighted by Gasteiger charge is -2.09. The van der Waals surface area contributed by atoms with Crippen LogP contribution in [0.5, 0.6) is 23.0 Å². The van der Waals surface area contributed by atoms with Crippen LogP contribution in [0.2, 0.25) is 0 Å². The van der Waals surface area contributed by atoms with E-state index in [0.717, 1.165) is 24.3 Å². The lowest BCUT2D eigenvalue weighted by Crippen LogP contribution is -2.13. The lowest BCUT2D eigenvalue weighted by molar-refractivity contribution is -0.138. The third kappa shape index (κ3) is 14.2. The van der Waals surface area contributed by atoms with Crippen molar-refractivity contribution in [3.05, 3.63) is 109 Å². The fraction of sp³-hybridized carbons (Fsp3) is 0.222. The van der Waals surface area contributed by atoms with Crippen molar-refractivity contribution in [2.75, 3.05) is 26.4 Å². The summed E-state index contributed by atoms with van der Waals surface area (Å²) in [6.07, 6.45) is 1.95. The Morgan fingerprint density at radius 3 is 1.31 bits per heavy atom. The third-order valence-corrected chi connectivity index (χ3v) is 6.24. The molecule has 3 rings (SSSR count). The van der Waals surface area contributed by atoms with Gasteiger partial charge in [-0.3, -0.25) is 0 Å². The summed E-state index contributed by atoms with van der Waals surface area (Å²) in [7, 11) is 0. The maximum atomic E-state index is 14.7. The minimum Gasteiger partial charge on any atom is -0.463 e.